The van der Waals surface area contributed by atoms with Crippen molar-refractivity contribution in [1.82, 2.24) is 20.9 Å². The van der Waals surface area contributed by atoms with Crippen LogP contribution in [-0.4, -0.2) is 110 Å². The summed E-state index contributed by atoms with van der Waals surface area (Å²) in [4.78, 5) is 32.8. The van der Waals surface area contributed by atoms with Gasteiger partial charge < -0.3 is 62.0 Å². The van der Waals surface area contributed by atoms with Gasteiger partial charge in [-0.05, 0) is 188 Å². The van der Waals surface area contributed by atoms with Gasteiger partial charge in [-0.25, -0.2) is 0 Å². The highest BCUT2D eigenvalue weighted by Crippen LogP contribution is 2.67. The monoisotopic (exact) mass is 1130 g/mol. The lowest BCUT2D eigenvalue weighted by Gasteiger charge is -2.66. The van der Waals surface area contributed by atoms with Gasteiger partial charge in [-0.1, -0.05) is 72.7 Å². The number of rotatable bonds is 12. The number of phenolic OH excluding ortho intramolecular Hbond substituents is 1. The van der Waals surface area contributed by atoms with Gasteiger partial charge in [-0.3, -0.25) is 9.59 Å². The molecule has 19 atom stereocenters. The number of nitrogens with one attached hydrogen (secondary N) is 4. The fourth-order valence-electron chi connectivity index (χ4n) is 18.6. The van der Waals surface area contributed by atoms with E-state index in [1.54, 1.807) is 12.1 Å². The Labute approximate surface area is 487 Å². The number of phenols is 1. The summed E-state index contributed by atoms with van der Waals surface area (Å²) in [5.74, 6) is 15.1. The van der Waals surface area contributed by atoms with E-state index in [-0.39, 0.29) is 138 Å². The molecule has 1 saturated heterocycles. The van der Waals surface area contributed by atoms with E-state index >= 15 is 4.79 Å². The molecule has 5 heterocycles. The van der Waals surface area contributed by atoms with Gasteiger partial charge in [0.2, 0.25) is 0 Å². The molecule has 0 unspecified atom stereocenters. The fraction of sp³-hybridized carbons (Fsp3) is 0.565. The Bertz CT molecular complexity index is 3350. The highest BCUT2D eigenvalue weighted by molar-refractivity contribution is 5.89. The summed E-state index contributed by atoms with van der Waals surface area (Å²) in [5, 5.41) is 84.1. The van der Waals surface area contributed by atoms with Crippen molar-refractivity contribution in [3.8, 4) is 35.2 Å². The molecule has 4 saturated carbocycles. The summed E-state index contributed by atoms with van der Waals surface area (Å²) < 4.78 is 5.61. The van der Waals surface area contributed by atoms with Crippen LogP contribution in [0.2, 0.25) is 0 Å². The molecule has 3 aromatic carbocycles. The number of aromatic nitrogens is 1. The molecule has 83 heavy (non-hydrogen) atoms. The maximum absolute atomic E-state index is 15.3. The lowest BCUT2D eigenvalue weighted by Crippen LogP contribution is -2.69. The van der Waals surface area contributed by atoms with Crippen LogP contribution in [0, 0.1) is 76.4 Å². The van der Waals surface area contributed by atoms with Crippen LogP contribution in [0.5, 0.6) is 11.5 Å². The molecule has 4 aromatic rings. The third kappa shape index (κ3) is 10.1. The first kappa shape index (κ1) is 56.2. The number of fused-ring (bicyclic) bond motifs is 7. The topological polar surface area (TPSA) is 243 Å². The number of methoxy groups -OCH3 is 1. The second-order valence-corrected chi connectivity index (χ2v) is 26.7. The predicted molar refractivity (Wildman–Crippen MR) is 316 cm³/mol. The van der Waals surface area contributed by atoms with E-state index in [4.69, 9.17) is 10.5 Å². The number of carbonyl (C=O) groups is 2. The van der Waals surface area contributed by atoms with E-state index in [9.17, 15) is 35.4 Å². The molecule has 4 bridgehead atoms. The van der Waals surface area contributed by atoms with Crippen LogP contribution >= 0.6 is 0 Å². The normalized spacial score (nSPS) is 36.3. The Hall–Kier alpha value is -5.94. The molecule has 4 aliphatic heterocycles. The fourth-order valence-corrected chi connectivity index (χ4v) is 18.6. The quantitative estimate of drug-likeness (QED) is 0.0498. The standard InChI is InChI=1S/C69H83N5O9/c1-68-22-6-10-44(68)9-5-11-52-63-47(15-17-61(81)82)62(51(36-73-68)65-66(63)64-50(46-21-26-72-67(46)65)32-45(75)33-53(64)74-52)43-19-24-69(59(80)30-43)23-18-41(49-35-56(78)57(83-2)29-40(49)14-16-58(69)79)28-54(76)55(77)34-48(42-20-25-71-60(70)31-42)39-13-12-37-7-3-4-8-38(37)27-39/h3-4,7-8,12-13,20-21,26-27,29,31,35,41,43-44,47-48,50-55,59,61-66,71-74,76-78,80-82H,6,10-11,14-17,19,22,24-25,28,30,32-34,36,70H2,1-2H3/t41-,43-,44-,47+,48+,50+,51+,52-,53-,54+,55-,59-,62+,63+,64-,65+,66-,68-,69+/m1/s1. The van der Waals surface area contributed by atoms with E-state index in [0.717, 1.165) is 46.7 Å². The van der Waals surface area contributed by atoms with Gasteiger partial charge in [0.05, 0.1) is 31.2 Å². The van der Waals surface area contributed by atoms with Crippen LogP contribution in [0.4, 0.5) is 0 Å². The number of aromatic hydroxyl groups is 1. The Kier molecular flexibility index (Phi) is 15.2. The van der Waals surface area contributed by atoms with Crippen molar-refractivity contribution in [3.63, 3.8) is 0 Å². The number of carbonyl (C=O) groups excluding carboxylic acids is 2. The van der Waals surface area contributed by atoms with Gasteiger partial charge in [-0.2, -0.15) is 0 Å². The van der Waals surface area contributed by atoms with E-state index < -0.39 is 35.9 Å². The highest BCUT2D eigenvalue weighted by atomic mass is 16.5. The van der Waals surface area contributed by atoms with Crippen LogP contribution in [0.3, 0.4) is 0 Å². The first-order chi connectivity index (χ1) is 40.1. The van der Waals surface area contributed by atoms with Crippen LogP contribution in [0.25, 0.3) is 10.8 Å². The third-order valence-electron chi connectivity index (χ3n) is 22.5. The molecule has 1 spiro atoms. The number of dihydropyridines is 1. The number of allylic oxidation sites excluding steroid dienone is 2. The minimum atomic E-state index is -1.49. The van der Waals surface area contributed by atoms with Crippen LogP contribution in [0.15, 0.2) is 90.4 Å². The first-order valence-corrected chi connectivity index (χ1v) is 31.1. The lowest BCUT2D eigenvalue weighted by atomic mass is 9.41. The molecule has 0 radical (unpaired) electrons. The average molecular weight is 1130 g/mol. The Balaban J connectivity index is 0.853. The molecule has 12 N–H and O–H groups in total. The van der Waals surface area contributed by atoms with Crippen molar-refractivity contribution in [2.45, 2.75) is 169 Å². The average Bonchev–Trinajstić information content (AvgIpc) is 2.25. The maximum atomic E-state index is 15.3. The number of hydrogen-bond donors (Lipinski definition) is 11. The van der Waals surface area contributed by atoms with Crippen LogP contribution in [-0.2, 0) is 16.0 Å². The van der Waals surface area contributed by atoms with Crippen LogP contribution < -0.4 is 26.4 Å². The van der Waals surface area contributed by atoms with Gasteiger partial charge in [0.25, 0.3) is 0 Å². The van der Waals surface area contributed by atoms with E-state index in [2.05, 4.69) is 100 Å². The Morgan fingerprint density at radius 2 is 1.73 bits per heavy atom. The van der Waals surface area contributed by atoms with E-state index in [1.807, 2.05) is 18.2 Å². The van der Waals surface area contributed by atoms with Gasteiger partial charge >= 0.3 is 0 Å². The zero-order valence-corrected chi connectivity index (χ0v) is 47.9. The molecule has 6 aliphatic carbocycles. The number of Topliss-reactive ketones (excluding diaryl/α,β-unsaturated/α-hetero) is 2. The van der Waals surface area contributed by atoms with Crippen molar-refractivity contribution >= 4 is 22.3 Å². The number of aliphatic hydroxyl groups excluding tert-OH is 4. The highest BCUT2D eigenvalue weighted by Gasteiger charge is 2.65. The number of hydrogen-bond acceptors (Lipinski definition) is 13. The smallest absolute Gasteiger partial charge is 0.160 e. The van der Waals surface area contributed by atoms with Gasteiger partial charge in [0.15, 0.2) is 23.6 Å². The summed E-state index contributed by atoms with van der Waals surface area (Å²) in [6.07, 6.45) is 8.14. The molecule has 0 amide bonds. The Morgan fingerprint density at radius 3 is 2.54 bits per heavy atom. The molecule has 438 valence electrons. The predicted octanol–water partition coefficient (Wildman–Crippen LogP) is 7.19. The second-order valence-electron chi connectivity index (χ2n) is 26.7. The molecular weight excluding hydrogens is 1040 g/mol. The number of aromatic amines is 1. The van der Waals surface area contributed by atoms with E-state index in [1.165, 1.54) is 18.4 Å². The largest absolute Gasteiger partial charge is 0.504 e. The number of ether oxygens (including phenoxy) is 1. The minimum Gasteiger partial charge on any atom is -0.504 e. The van der Waals surface area contributed by atoms with Crippen molar-refractivity contribution in [2.24, 2.45) is 58.5 Å². The van der Waals surface area contributed by atoms with Crippen molar-refractivity contribution in [3.05, 3.63) is 118 Å². The number of H-pyrrole nitrogens is 1. The maximum Gasteiger partial charge on any atom is 0.160 e. The summed E-state index contributed by atoms with van der Waals surface area (Å²) in [7, 11) is 1.48. The number of ketones is 2. The van der Waals surface area contributed by atoms with Gasteiger partial charge in [0, 0.05) is 85.4 Å². The third-order valence-corrected chi connectivity index (χ3v) is 22.5. The summed E-state index contributed by atoms with van der Waals surface area (Å²) in [5.41, 5.74) is 10.4. The van der Waals surface area contributed by atoms with Gasteiger partial charge in [0.1, 0.15) is 11.2 Å². The second kappa shape index (κ2) is 22.5. The molecule has 10 aliphatic rings. The SMILES string of the molecule is COc1cc2c(cc1O)[C@@H](C[C@H](O)[C@H](O)C[C@H](C1=CCNC(N)=C1)c1ccc3ccccc3c1)C#C[C@]1(CC[C@@H]([C@@H]3[C@@H]4CN[C@]5(C)CCC[C@H]5C#CC[C@H]5N[C@@H]6CC(=O)C[C@H]7c8cc[nH]c8[C@@H]4[C@H]([C@H]5[C@H]3CCC(O)O)[C@@H]67)C[C@H]1O)C(=O)CC2. The summed E-state index contributed by atoms with van der Waals surface area (Å²) in [6, 6.07) is 19.9. The first-order valence-electron chi connectivity index (χ1n) is 31.1. The minimum absolute atomic E-state index is 0.00332. The number of benzene rings is 3. The van der Waals surface area contributed by atoms with Crippen LogP contribution in [0.1, 0.15) is 148 Å². The molecular formula is C69H83N5O9. The zero-order valence-electron chi connectivity index (χ0n) is 47.9. The molecule has 5 fully saturated rings. The summed E-state index contributed by atoms with van der Waals surface area (Å²) in [6.45, 7) is 3.58. The summed E-state index contributed by atoms with van der Waals surface area (Å²) >= 11 is 0. The number of nitrogens with two attached hydrogens (primary N) is 1. The molecule has 14 nitrogen and oxygen atoms in total. The van der Waals surface area contributed by atoms with Crippen molar-refractivity contribution < 1.29 is 45.0 Å². The van der Waals surface area contributed by atoms with Crippen molar-refractivity contribution in [1.29, 1.82) is 0 Å². The lowest BCUT2D eigenvalue weighted by molar-refractivity contribution is -0.147. The van der Waals surface area contributed by atoms with Gasteiger partial charge in [-0.15, -0.1) is 5.92 Å². The Morgan fingerprint density at radius 1 is 0.892 bits per heavy atom. The number of piperidine rings is 1. The molecule has 1 aromatic heterocycles. The molecule has 14 heteroatoms. The zero-order chi connectivity index (χ0) is 57.5. The number of aliphatic hydroxyl groups is 5. The molecule has 14 rings (SSSR count). The number of aryl methyl sites for hydroxylation is 1. The van der Waals surface area contributed by atoms with E-state index in [0.29, 0.717) is 69.4 Å². The van der Waals surface area contributed by atoms with Crippen molar-refractivity contribution in [2.75, 3.05) is 20.2 Å².